The number of amides is 1. The molecule has 0 N–H and O–H groups in total. The predicted molar refractivity (Wildman–Crippen MR) is 82.3 cm³/mol. The number of carbonyl (C=O) groups excluding carboxylic acids is 1. The topological polar surface area (TPSA) is 55.2 Å². The van der Waals surface area contributed by atoms with Gasteiger partial charge in [-0.05, 0) is 44.1 Å². The van der Waals surface area contributed by atoms with E-state index in [1.807, 2.05) is 14.0 Å². The van der Waals surface area contributed by atoms with Crippen LogP contribution >= 0.6 is 0 Å². The van der Waals surface area contributed by atoms with Gasteiger partial charge in [-0.15, -0.1) is 0 Å². The maximum absolute atomic E-state index is 12.5. The molecule has 1 fully saturated rings. The third kappa shape index (κ3) is 3.71. The van der Waals surface area contributed by atoms with Crippen LogP contribution in [0.15, 0.2) is 16.9 Å². The maximum Gasteiger partial charge on any atom is 0.274 e. The van der Waals surface area contributed by atoms with E-state index in [0.717, 1.165) is 25.2 Å². The summed E-state index contributed by atoms with van der Waals surface area (Å²) >= 11 is 0. The van der Waals surface area contributed by atoms with Gasteiger partial charge >= 0.3 is 0 Å². The molecule has 1 aliphatic carbocycles. The van der Waals surface area contributed by atoms with Crippen LogP contribution in [0.2, 0.25) is 0 Å². The molecule has 0 radical (unpaired) electrons. The maximum atomic E-state index is 12.5. The lowest BCUT2D eigenvalue weighted by molar-refractivity contribution is 0.0670. The molecule has 1 amide bonds. The van der Waals surface area contributed by atoms with E-state index >= 15 is 0 Å². The molecular formula is C16H25N3O2. The lowest BCUT2D eigenvalue weighted by atomic mass is 9.86. The Balaban J connectivity index is 2.12. The average molecular weight is 291 g/mol. The zero-order valence-electron chi connectivity index (χ0n) is 13.2. The van der Waals surface area contributed by atoms with Gasteiger partial charge in [-0.2, -0.15) is 5.10 Å². The van der Waals surface area contributed by atoms with E-state index in [9.17, 15) is 9.59 Å². The van der Waals surface area contributed by atoms with Crippen LogP contribution in [-0.2, 0) is 6.54 Å². The van der Waals surface area contributed by atoms with Crippen molar-refractivity contribution in [3.8, 4) is 0 Å². The molecule has 0 aromatic carbocycles. The molecule has 116 valence electrons. The smallest absolute Gasteiger partial charge is 0.274 e. The summed E-state index contributed by atoms with van der Waals surface area (Å²) in [4.78, 5) is 26.0. The minimum atomic E-state index is -0.150. The van der Waals surface area contributed by atoms with Gasteiger partial charge in [0.1, 0.15) is 5.69 Å². The number of aromatic nitrogens is 2. The number of aryl methyl sites for hydroxylation is 1. The van der Waals surface area contributed by atoms with Gasteiger partial charge in [0.05, 0.1) is 0 Å². The second-order valence-corrected chi connectivity index (χ2v) is 6.11. The summed E-state index contributed by atoms with van der Waals surface area (Å²) in [6.07, 6.45) is 5.27. The third-order valence-corrected chi connectivity index (χ3v) is 4.37. The minimum Gasteiger partial charge on any atom is -0.337 e. The lowest BCUT2D eigenvalue weighted by Crippen LogP contribution is -2.40. The van der Waals surface area contributed by atoms with Crippen LogP contribution in [0.1, 0.15) is 56.4 Å². The summed E-state index contributed by atoms with van der Waals surface area (Å²) in [5.41, 5.74) is 0.215. The Hall–Kier alpha value is -1.65. The zero-order valence-corrected chi connectivity index (χ0v) is 13.2. The Morgan fingerprint density at radius 1 is 1.33 bits per heavy atom. The first-order valence-corrected chi connectivity index (χ1v) is 7.88. The van der Waals surface area contributed by atoms with Crippen LogP contribution in [0.25, 0.3) is 0 Å². The number of hydrogen-bond acceptors (Lipinski definition) is 3. The lowest BCUT2D eigenvalue weighted by Gasteiger charge is -2.33. The highest BCUT2D eigenvalue weighted by molar-refractivity contribution is 5.92. The van der Waals surface area contributed by atoms with E-state index in [0.29, 0.717) is 18.3 Å². The summed E-state index contributed by atoms with van der Waals surface area (Å²) in [6, 6.07) is 3.27. The quantitative estimate of drug-likeness (QED) is 0.855. The first-order chi connectivity index (χ1) is 10.0. The fraction of sp³-hybridized carbons (Fsp3) is 0.688. The van der Waals surface area contributed by atoms with Crippen LogP contribution in [0.4, 0.5) is 0 Å². The van der Waals surface area contributed by atoms with Gasteiger partial charge in [0, 0.05) is 25.7 Å². The Labute approximate surface area is 126 Å². The van der Waals surface area contributed by atoms with Crippen molar-refractivity contribution >= 4 is 5.91 Å². The summed E-state index contributed by atoms with van der Waals surface area (Å²) in [5, 5.41) is 4.21. The molecule has 1 saturated carbocycles. The molecule has 0 aliphatic heterocycles. The molecule has 21 heavy (non-hydrogen) atoms. The molecule has 0 saturated heterocycles. The average Bonchev–Trinajstić information content (AvgIpc) is 2.49. The molecular weight excluding hydrogens is 266 g/mol. The molecule has 1 aliphatic rings. The highest BCUT2D eigenvalue weighted by Crippen LogP contribution is 2.26. The zero-order chi connectivity index (χ0) is 15.4. The van der Waals surface area contributed by atoms with Crippen molar-refractivity contribution in [3.05, 3.63) is 28.2 Å². The van der Waals surface area contributed by atoms with Crippen molar-refractivity contribution in [3.63, 3.8) is 0 Å². The normalized spacial score (nSPS) is 22.0. The van der Waals surface area contributed by atoms with Gasteiger partial charge in [0.15, 0.2) is 0 Å². The molecule has 0 spiro atoms. The van der Waals surface area contributed by atoms with E-state index in [4.69, 9.17) is 0 Å². The van der Waals surface area contributed by atoms with Crippen molar-refractivity contribution in [2.24, 2.45) is 5.92 Å². The van der Waals surface area contributed by atoms with Crippen LogP contribution in [0, 0.1) is 5.92 Å². The Bertz CT molecular complexity index is 545. The molecule has 1 heterocycles. The van der Waals surface area contributed by atoms with Crippen LogP contribution in [-0.4, -0.2) is 33.7 Å². The first kappa shape index (κ1) is 15.7. The van der Waals surface area contributed by atoms with Crippen molar-refractivity contribution < 1.29 is 4.79 Å². The Kier molecular flexibility index (Phi) is 5.15. The monoisotopic (exact) mass is 291 g/mol. The van der Waals surface area contributed by atoms with Crippen molar-refractivity contribution in [1.29, 1.82) is 0 Å². The fourth-order valence-corrected chi connectivity index (χ4v) is 2.91. The van der Waals surface area contributed by atoms with Gasteiger partial charge in [0.2, 0.25) is 0 Å². The van der Waals surface area contributed by atoms with Crippen molar-refractivity contribution in [1.82, 2.24) is 14.7 Å². The van der Waals surface area contributed by atoms with Crippen molar-refractivity contribution in [2.75, 3.05) is 7.05 Å². The molecule has 2 rings (SSSR count). The van der Waals surface area contributed by atoms with Gasteiger partial charge in [0.25, 0.3) is 11.5 Å². The predicted octanol–water partition coefficient (Wildman–Crippen LogP) is 2.30. The van der Waals surface area contributed by atoms with Crippen molar-refractivity contribution in [2.45, 2.75) is 58.5 Å². The highest BCUT2D eigenvalue weighted by Gasteiger charge is 2.26. The molecule has 1 aromatic heterocycles. The second-order valence-electron chi connectivity index (χ2n) is 6.11. The van der Waals surface area contributed by atoms with Gasteiger partial charge in [-0.1, -0.05) is 13.8 Å². The van der Waals surface area contributed by atoms with Crippen LogP contribution < -0.4 is 5.56 Å². The van der Waals surface area contributed by atoms with E-state index in [1.54, 1.807) is 11.0 Å². The molecule has 0 atom stereocenters. The number of carbonyl (C=O) groups is 1. The summed E-state index contributed by atoms with van der Waals surface area (Å²) in [5.74, 6) is 0.675. The minimum absolute atomic E-state index is 0.0839. The Morgan fingerprint density at radius 2 is 2.00 bits per heavy atom. The summed E-state index contributed by atoms with van der Waals surface area (Å²) < 4.78 is 1.38. The van der Waals surface area contributed by atoms with Gasteiger partial charge in [-0.25, -0.2) is 4.68 Å². The molecule has 5 nitrogen and oxygen atoms in total. The SMILES string of the molecule is CCCn1nc(C(=O)N(C)C2CCC(C)CC2)ccc1=O. The van der Waals surface area contributed by atoms with E-state index < -0.39 is 0 Å². The largest absolute Gasteiger partial charge is 0.337 e. The number of rotatable bonds is 4. The number of hydrogen-bond donors (Lipinski definition) is 0. The van der Waals surface area contributed by atoms with E-state index in [1.165, 1.54) is 23.6 Å². The highest BCUT2D eigenvalue weighted by atomic mass is 16.2. The Morgan fingerprint density at radius 3 is 2.62 bits per heavy atom. The standard InChI is InChI=1S/C16H25N3O2/c1-4-11-19-15(20)10-9-14(17-19)16(21)18(3)13-7-5-12(2)6-8-13/h9-10,12-13H,4-8,11H2,1-3H3. The third-order valence-electron chi connectivity index (χ3n) is 4.37. The molecule has 5 heteroatoms. The van der Waals surface area contributed by atoms with E-state index in [2.05, 4.69) is 12.0 Å². The molecule has 0 unspecified atom stereocenters. The van der Waals surface area contributed by atoms with E-state index in [-0.39, 0.29) is 11.5 Å². The molecule has 1 aromatic rings. The molecule has 0 bridgehead atoms. The van der Waals surface area contributed by atoms with Gasteiger partial charge < -0.3 is 4.90 Å². The van der Waals surface area contributed by atoms with Crippen LogP contribution in [0.5, 0.6) is 0 Å². The van der Waals surface area contributed by atoms with Crippen LogP contribution in [0.3, 0.4) is 0 Å². The fourth-order valence-electron chi connectivity index (χ4n) is 2.91. The number of nitrogens with zero attached hydrogens (tertiary/aromatic N) is 3. The summed E-state index contributed by atoms with van der Waals surface area (Å²) in [7, 11) is 1.85. The summed E-state index contributed by atoms with van der Waals surface area (Å²) in [6.45, 7) is 4.79. The van der Waals surface area contributed by atoms with Gasteiger partial charge in [-0.3, -0.25) is 9.59 Å². The first-order valence-electron chi connectivity index (χ1n) is 7.88. The second kappa shape index (κ2) is 6.87.